The van der Waals surface area contributed by atoms with Crippen LogP contribution in [0.3, 0.4) is 0 Å². The van der Waals surface area contributed by atoms with E-state index in [1.807, 2.05) is 12.5 Å². The van der Waals surface area contributed by atoms with E-state index in [-0.39, 0.29) is 0 Å². The first kappa shape index (κ1) is 14.6. The van der Waals surface area contributed by atoms with Crippen molar-refractivity contribution in [1.82, 2.24) is 5.32 Å². The van der Waals surface area contributed by atoms with Gasteiger partial charge in [-0.15, -0.1) is 0 Å². The highest BCUT2D eigenvalue weighted by Gasteiger charge is 2.31. The molecule has 1 heterocycles. The molecular weight excluding hydrogens is 234 g/mol. The molecule has 1 aliphatic carbocycles. The SMILES string of the molecule is CCC1CCC(CNCC(C)C)C(c2ccoc2)C1. The topological polar surface area (TPSA) is 25.2 Å². The zero-order chi connectivity index (χ0) is 13.7. The molecule has 3 unspecified atom stereocenters. The maximum Gasteiger partial charge on any atom is 0.0937 e. The minimum absolute atomic E-state index is 0.692. The molecule has 0 bridgehead atoms. The van der Waals surface area contributed by atoms with Gasteiger partial charge < -0.3 is 9.73 Å². The summed E-state index contributed by atoms with van der Waals surface area (Å²) in [6.07, 6.45) is 9.20. The molecule has 1 saturated carbocycles. The largest absolute Gasteiger partial charge is 0.472 e. The molecule has 1 N–H and O–H groups in total. The minimum Gasteiger partial charge on any atom is -0.472 e. The first-order chi connectivity index (χ1) is 9.20. The first-order valence-corrected chi connectivity index (χ1v) is 7.93. The molecule has 2 nitrogen and oxygen atoms in total. The first-order valence-electron chi connectivity index (χ1n) is 7.93. The van der Waals surface area contributed by atoms with Crippen LogP contribution in [0.4, 0.5) is 0 Å². The number of nitrogens with one attached hydrogen (secondary N) is 1. The van der Waals surface area contributed by atoms with Gasteiger partial charge in [-0.2, -0.15) is 0 Å². The molecule has 3 atom stereocenters. The predicted molar refractivity (Wildman–Crippen MR) is 80.3 cm³/mol. The van der Waals surface area contributed by atoms with E-state index in [0.29, 0.717) is 5.92 Å². The Hall–Kier alpha value is -0.760. The monoisotopic (exact) mass is 263 g/mol. The summed E-state index contributed by atoms with van der Waals surface area (Å²) in [5.41, 5.74) is 1.41. The van der Waals surface area contributed by atoms with Gasteiger partial charge in [-0.3, -0.25) is 0 Å². The fourth-order valence-electron chi connectivity index (χ4n) is 3.39. The molecule has 19 heavy (non-hydrogen) atoms. The Bertz CT molecular complexity index is 344. The third kappa shape index (κ3) is 4.10. The standard InChI is InChI=1S/C17H29NO/c1-4-14-5-6-15(11-18-10-13(2)3)17(9-14)16-7-8-19-12-16/h7-8,12-15,17-18H,4-6,9-11H2,1-3H3. The van der Waals surface area contributed by atoms with Crippen molar-refractivity contribution in [3.05, 3.63) is 24.2 Å². The van der Waals surface area contributed by atoms with Gasteiger partial charge in [0.15, 0.2) is 0 Å². The van der Waals surface area contributed by atoms with Crippen molar-refractivity contribution in [2.75, 3.05) is 13.1 Å². The predicted octanol–water partition coefficient (Wildman–Crippen LogP) is 4.44. The Balaban J connectivity index is 1.95. The van der Waals surface area contributed by atoms with Gasteiger partial charge in [-0.25, -0.2) is 0 Å². The molecule has 0 saturated heterocycles. The summed E-state index contributed by atoms with van der Waals surface area (Å²) in [5, 5.41) is 3.65. The smallest absolute Gasteiger partial charge is 0.0937 e. The molecule has 0 spiro atoms. The Labute approximate surface area is 118 Å². The number of furan rings is 1. The quantitative estimate of drug-likeness (QED) is 0.821. The molecular formula is C17H29NO. The van der Waals surface area contributed by atoms with Gasteiger partial charge in [-0.05, 0) is 61.2 Å². The van der Waals surface area contributed by atoms with Gasteiger partial charge in [0.25, 0.3) is 0 Å². The third-order valence-electron chi connectivity index (χ3n) is 4.61. The molecule has 108 valence electrons. The van der Waals surface area contributed by atoms with Crippen molar-refractivity contribution >= 4 is 0 Å². The third-order valence-corrected chi connectivity index (χ3v) is 4.61. The van der Waals surface area contributed by atoms with Crippen LogP contribution in [0.2, 0.25) is 0 Å². The van der Waals surface area contributed by atoms with E-state index in [0.717, 1.165) is 30.8 Å². The molecule has 2 heteroatoms. The molecule has 2 rings (SSSR count). The van der Waals surface area contributed by atoms with Crippen molar-refractivity contribution in [2.45, 2.75) is 52.4 Å². The van der Waals surface area contributed by atoms with Crippen molar-refractivity contribution in [3.8, 4) is 0 Å². The second-order valence-corrected chi connectivity index (χ2v) is 6.56. The lowest BCUT2D eigenvalue weighted by Crippen LogP contribution is -2.33. The fourth-order valence-corrected chi connectivity index (χ4v) is 3.39. The van der Waals surface area contributed by atoms with E-state index >= 15 is 0 Å². The lowest BCUT2D eigenvalue weighted by molar-refractivity contribution is 0.223. The number of hydrogen-bond acceptors (Lipinski definition) is 2. The average molecular weight is 263 g/mol. The van der Waals surface area contributed by atoms with Crippen LogP contribution in [0.25, 0.3) is 0 Å². The molecule has 0 radical (unpaired) electrons. The summed E-state index contributed by atoms with van der Waals surface area (Å²) in [5.74, 6) is 3.11. The highest BCUT2D eigenvalue weighted by molar-refractivity contribution is 5.15. The minimum atomic E-state index is 0.692. The number of rotatable bonds is 6. The second-order valence-electron chi connectivity index (χ2n) is 6.56. The van der Waals surface area contributed by atoms with E-state index in [4.69, 9.17) is 4.42 Å². The fraction of sp³-hybridized carbons (Fsp3) is 0.765. The van der Waals surface area contributed by atoms with E-state index in [1.165, 1.54) is 31.2 Å². The highest BCUT2D eigenvalue weighted by Crippen LogP contribution is 2.41. The van der Waals surface area contributed by atoms with Crippen molar-refractivity contribution in [2.24, 2.45) is 17.8 Å². The van der Waals surface area contributed by atoms with Gasteiger partial charge in [0, 0.05) is 0 Å². The van der Waals surface area contributed by atoms with E-state index in [1.54, 1.807) is 0 Å². The molecule has 1 aliphatic rings. The van der Waals surface area contributed by atoms with E-state index in [9.17, 15) is 0 Å². The lowest BCUT2D eigenvalue weighted by Gasteiger charge is -2.36. The normalized spacial score (nSPS) is 27.9. The summed E-state index contributed by atoms with van der Waals surface area (Å²) < 4.78 is 5.31. The zero-order valence-corrected chi connectivity index (χ0v) is 12.7. The lowest BCUT2D eigenvalue weighted by atomic mass is 9.71. The van der Waals surface area contributed by atoms with Crippen molar-refractivity contribution < 1.29 is 4.42 Å². The van der Waals surface area contributed by atoms with Gasteiger partial charge in [-0.1, -0.05) is 33.6 Å². The van der Waals surface area contributed by atoms with Crippen LogP contribution < -0.4 is 5.32 Å². The van der Waals surface area contributed by atoms with E-state index < -0.39 is 0 Å². The van der Waals surface area contributed by atoms with Crippen LogP contribution in [-0.4, -0.2) is 13.1 Å². The summed E-state index contributed by atoms with van der Waals surface area (Å²) in [7, 11) is 0. The van der Waals surface area contributed by atoms with Gasteiger partial charge >= 0.3 is 0 Å². The maximum absolute atomic E-state index is 5.31. The van der Waals surface area contributed by atoms with Crippen LogP contribution in [0.5, 0.6) is 0 Å². The second kappa shape index (κ2) is 7.14. The highest BCUT2D eigenvalue weighted by atomic mass is 16.3. The molecule has 0 aromatic carbocycles. The van der Waals surface area contributed by atoms with Crippen LogP contribution >= 0.6 is 0 Å². The van der Waals surface area contributed by atoms with Crippen LogP contribution in [0.15, 0.2) is 23.0 Å². The molecule has 1 aromatic heterocycles. The summed E-state index contributed by atoms with van der Waals surface area (Å²) in [4.78, 5) is 0. The van der Waals surface area contributed by atoms with Gasteiger partial charge in [0.2, 0.25) is 0 Å². The van der Waals surface area contributed by atoms with E-state index in [2.05, 4.69) is 32.2 Å². The molecule has 1 fully saturated rings. The zero-order valence-electron chi connectivity index (χ0n) is 12.7. The molecule has 1 aromatic rings. The Morgan fingerprint density at radius 1 is 1.37 bits per heavy atom. The van der Waals surface area contributed by atoms with Gasteiger partial charge in [0.05, 0.1) is 12.5 Å². The van der Waals surface area contributed by atoms with Crippen molar-refractivity contribution in [1.29, 1.82) is 0 Å². The molecule has 0 aliphatic heterocycles. The number of hydrogen-bond donors (Lipinski definition) is 1. The Kier molecular flexibility index (Phi) is 5.50. The summed E-state index contributed by atoms with van der Waals surface area (Å²) in [6, 6.07) is 2.16. The summed E-state index contributed by atoms with van der Waals surface area (Å²) >= 11 is 0. The Morgan fingerprint density at radius 3 is 2.84 bits per heavy atom. The van der Waals surface area contributed by atoms with Gasteiger partial charge in [0.1, 0.15) is 0 Å². The van der Waals surface area contributed by atoms with Crippen LogP contribution in [-0.2, 0) is 0 Å². The van der Waals surface area contributed by atoms with Crippen molar-refractivity contribution in [3.63, 3.8) is 0 Å². The van der Waals surface area contributed by atoms with Crippen LogP contribution in [0, 0.1) is 17.8 Å². The average Bonchev–Trinajstić information content (AvgIpc) is 2.92. The Morgan fingerprint density at radius 2 is 2.21 bits per heavy atom. The summed E-state index contributed by atoms with van der Waals surface area (Å²) in [6.45, 7) is 9.16. The molecule has 0 amide bonds. The maximum atomic E-state index is 5.31. The van der Waals surface area contributed by atoms with Crippen LogP contribution in [0.1, 0.15) is 57.9 Å².